The number of para-hydroxylation sites is 1. The summed E-state index contributed by atoms with van der Waals surface area (Å²) in [5.41, 5.74) is 2.46. The van der Waals surface area contributed by atoms with Crippen molar-refractivity contribution in [1.29, 1.82) is 0 Å². The standard InChI is InChI=1S/C19H13IN5O2.ClH/c20-15-8-12-17(13-9-15)24-22-19(14-6-10-18(11-7-14)25(26)27)21-23(24)16-4-2-1-3-5-16;/h1-13H;1H/q+1;/p-1. The molecule has 0 radical (unpaired) electrons. The van der Waals surface area contributed by atoms with Crippen LogP contribution in [-0.4, -0.2) is 19.9 Å². The lowest BCUT2D eigenvalue weighted by molar-refractivity contribution is -0.734. The molecule has 0 bridgehead atoms. The summed E-state index contributed by atoms with van der Waals surface area (Å²) < 4.78 is 1.12. The number of aromatic nitrogens is 4. The van der Waals surface area contributed by atoms with E-state index in [9.17, 15) is 10.1 Å². The highest BCUT2D eigenvalue weighted by Gasteiger charge is 2.23. The Hall–Kier alpha value is -2.85. The summed E-state index contributed by atoms with van der Waals surface area (Å²) in [4.78, 5) is 13.9. The van der Waals surface area contributed by atoms with Crippen molar-refractivity contribution in [3.05, 3.63) is 92.5 Å². The van der Waals surface area contributed by atoms with Gasteiger partial charge in [0.25, 0.3) is 5.69 Å². The van der Waals surface area contributed by atoms with Crippen LogP contribution >= 0.6 is 22.6 Å². The quantitative estimate of drug-likeness (QED) is 0.177. The summed E-state index contributed by atoms with van der Waals surface area (Å²) in [6, 6.07) is 23.8. The molecule has 1 aromatic heterocycles. The third kappa shape index (κ3) is 4.02. The SMILES string of the molecule is O=[N+]([O-])c1ccc(-c2nn(-c3ccccc3)[n+](-c3ccc(I)cc3)n2)cc1.[Cl-]. The van der Waals surface area contributed by atoms with E-state index in [1.54, 1.807) is 21.7 Å². The Labute approximate surface area is 180 Å². The van der Waals surface area contributed by atoms with E-state index in [0.29, 0.717) is 11.4 Å². The van der Waals surface area contributed by atoms with Crippen molar-refractivity contribution in [2.24, 2.45) is 0 Å². The first-order valence-electron chi connectivity index (χ1n) is 8.08. The molecule has 3 aromatic carbocycles. The summed E-state index contributed by atoms with van der Waals surface area (Å²) in [6.07, 6.45) is 0. The first kappa shape index (κ1) is 19.9. The summed E-state index contributed by atoms with van der Waals surface area (Å²) in [7, 11) is 0. The van der Waals surface area contributed by atoms with E-state index < -0.39 is 4.92 Å². The van der Waals surface area contributed by atoms with Crippen LogP contribution in [0.25, 0.3) is 22.8 Å². The number of halogens is 2. The Morgan fingerprint density at radius 2 is 1.57 bits per heavy atom. The number of nitro benzene ring substituents is 1. The highest BCUT2D eigenvalue weighted by Crippen LogP contribution is 2.19. The van der Waals surface area contributed by atoms with Crippen molar-refractivity contribution in [2.45, 2.75) is 0 Å². The van der Waals surface area contributed by atoms with Crippen LogP contribution in [0.5, 0.6) is 0 Å². The first-order valence-corrected chi connectivity index (χ1v) is 9.15. The highest BCUT2D eigenvalue weighted by molar-refractivity contribution is 14.1. The Balaban J connectivity index is 0.00000225. The number of hydrogen-bond acceptors (Lipinski definition) is 4. The molecule has 0 fully saturated rings. The second kappa shape index (κ2) is 8.44. The Kier molecular flexibility index (Phi) is 6.00. The van der Waals surface area contributed by atoms with Crippen molar-refractivity contribution in [1.82, 2.24) is 15.0 Å². The van der Waals surface area contributed by atoms with Crippen LogP contribution in [-0.2, 0) is 0 Å². The normalized spacial score (nSPS) is 10.3. The average Bonchev–Trinajstić information content (AvgIpc) is 3.15. The Morgan fingerprint density at radius 3 is 2.18 bits per heavy atom. The first-order chi connectivity index (χ1) is 13.1. The zero-order valence-electron chi connectivity index (χ0n) is 14.3. The third-order valence-electron chi connectivity index (χ3n) is 3.94. The lowest BCUT2D eigenvalue weighted by atomic mass is 10.2. The second-order valence-electron chi connectivity index (χ2n) is 5.72. The molecule has 0 amide bonds. The highest BCUT2D eigenvalue weighted by atomic mass is 127. The number of non-ortho nitro benzene ring substituents is 1. The van der Waals surface area contributed by atoms with Crippen molar-refractivity contribution in [3.63, 3.8) is 0 Å². The number of benzene rings is 3. The molecular formula is C19H13ClIN5O2. The minimum absolute atomic E-state index is 0. The van der Waals surface area contributed by atoms with E-state index in [-0.39, 0.29) is 18.1 Å². The van der Waals surface area contributed by atoms with Crippen LogP contribution < -0.4 is 17.2 Å². The van der Waals surface area contributed by atoms with Gasteiger partial charge in [0.15, 0.2) is 5.69 Å². The topological polar surface area (TPSA) is 77.7 Å². The minimum atomic E-state index is -0.425. The molecule has 7 nitrogen and oxygen atoms in total. The van der Waals surface area contributed by atoms with Crippen LogP contribution in [0.3, 0.4) is 0 Å². The van der Waals surface area contributed by atoms with Crippen LogP contribution in [0.4, 0.5) is 5.69 Å². The third-order valence-corrected chi connectivity index (χ3v) is 4.66. The van der Waals surface area contributed by atoms with Crippen molar-refractivity contribution in [2.75, 3.05) is 0 Å². The van der Waals surface area contributed by atoms with Crippen LogP contribution in [0, 0.1) is 13.7 Å². The lowest BCUT2D eigenvalue weighted by Gasteiger charge is -1.99. The fourth-order valence-corrected chi connectivity index (χ4v) is 2.96. The molecule has 0 N–H and O–H groups in total. The van der Waals surface area contributed by atoms with Gasteiger partial charge in [-0.3, -0.25) is 10.1 Å². The molecule has 0 atom stereocenters. The minimum Gasteiger partial charge on any atom is -1.00 e. The average molecular weight is 506 g/mol. The fraction of sp³-hybridized carbons (Fsp3) is 0. The van der Waals surface area contributed by atoms with E-state index in [2.05, 4.69) is 32.8 Å². The molecular weight excluding hydrogens is 493 g/mol. The fourth-order valence-electron chi connectivity index (χ4n) is 2.60. The van der Waals surface area contributed by atoms with Crippen LogP contribution in [0.1, 0.15) is 0 Å². The van der Waals surface area contributed by atoms with Crippen molar-refractivity contribution < 1.29 is 22.1 Å². The van der Waals surface area contributed by atoms with Crippen LogP contribution in [0.15, 0.2) is 78.9 Å². The monoisotopic (exact) mass is 505 g/mol. The molecule has 0 saturated carbocycles. The van der Waals surface area contributed by atoms with E-state index in [1.807, 2.05) is 54.6 Å². The predicted octanol–water partition coefficient (Wildman–Crippen LogP) is 0.728. The van der Waals surface area contributed by atoms with E-state index >= 15 is 0 Å². The number of nitro groups is 1. The van der Waals surface area contributed by atoms with Gasteiger partial charge in [0.2, 0.25) is 0 Å². The molecule has 0 saturated heterocycles. The number of tetrazole rings is 1. The van der Waals surface area contributed by atoms with Crippen LogP contribution in [0.2, 0.25) is 0 Å². The second-order valence-corrected chi connectivity index (χ2v) is 6.96. The van der Waals surface area contributed by atoms with Gasteiger partial charge in [-0.15, -0.1) is 0 Å². The van der Waals surface area contributed by atoms with Gasteiger partial charge >= 0.3 is 5.82 Å². The maximum absolute atomic E-state index is 10.9. The van der Waals surface area contributed by atoms with Gasteiger partial charge in [-0.2, -0.15) is 0 Å². The predicted molar refractivity (Wildman–Crippen MR) is 108 cm³/mol. The molecule has 0 aliphatic carbocycles. The number of rotatable bonds is 4. The number of hydrogen-bond donors (Lipinski definition) is 0. The largest absolute Gasteiger partial charge is 1.00 e. The molecule has 0 aliphatic heterocycles. The maximum Gasteiger partial charge on any atom is 0.340 e. The zero-order chi connectivity index (χ0) is 18.8. The molecule has 4 aromatic rings. The number of nitrogens with zero attached hydrogens (tertiary/aromatic N) is 5. The summed E-state index contributed by atoms with van der Waals surface area (Å²) in [5, 5.41) is 20.1. The molecule has 28 heavy (non-hydrogen) atoms. The smallest absolute Gasteiger partial charge is 0.340 e. The van der Waals surface area contributed by atoms with E-state index in [4.69, 9.17) is 0 Å². The molecule has 0 spiro atoms. The van der Waals surface area contributed by atoms with Crippen molar-refractivity contribution in [3.8, 4) is 22.8 Å². The van der Waals surface area contributed by atoms with Crippen molar-refractivity contribution >= 4 is 28.3 Å². The summed E-state index contributed by atoms with van der Waals surface area (Å²) >= 11 is 2.25. The Morgan fingerprint density at radius 1 is 0.929 bits per heavy atom. The van der Waals surface area contributed by atoms with Gasteiger partial charge in [-0.05, 0) is 81.0 Å². The van der Waals surface area contributed by atoms with Gasteiger partial charge in [0, 0.05) is 20.5 Å². The van der Waals surface area contributed by atoms with Gasteiger partial charge in [0.05, 0.1) is 15.6 Å². The van der Waals surface area contributed by atoms with Gasteiger partial charge in [0.1, 0.15) is 5.69 Å². The molecule has 9 heteroatoms. The molecule has 1 heterocycles. The molecule has 140 valence electrons. The summed E-state index contributed by atoms with van der Waals surface area (Å²) in [5.74, 6) is 0.479. The van der Waals surface area contributed by atoms with Gasteiger partial charge < -0.3 is 12.4 Å². The lowest BCUT2D eigenvalue weighted by Crippen LogP contribution is -3.00. The van der Waals surface area contributed by atoms with E-state index in [1.165, 1.54) is 12.1 Å². The Bertz CT molecular complexity index is 1100. The van der Waals surface area contributed by atoms with Gasteiger partial charge in [-0.1, -0.05) is 18.2 Å². The zero-order valence-corrected chi connectivity index (χ0v) is 17.2. The van der Waals surface area contributed by atoms with E-state index in [0.717, 1.165) is 14.9 Å². The van der Waals surface area contributed by atoms with Gasteiger partial charge in [-0.25, -0.2) is 0 Å². The molecule has 4 rings (SSSR count). The maximum atomic E-state index is 10.9. The molecule has 0 unspecified atom stereocenters. The molecule has 0 aliphatic rings. The summed E-state index contributed by atoms with van der Waals surface area (Å²) in [6.45, 7) is 0.